The van der Waals surface area contributed by atoms with Crippen LogP contribution in [0.4, 0.5) is 10.8 Å². The number of hydrogen-bond donors (Lipinski definition) is 2. The molecule has 0 aliphatic carbocycles. The summed E-state index contributed by atoms with van der Waals surface area (Å²) in [4.78, 5) is 2.51. The molecule has 1 aliphatic heterocycles. The summed E-state index contributed by atoms with van der Waals surface area (Å²) in [5.74, 6) is 3.12. The van der Waals surface area contributed by atoms with Gasteiger partial charge in [-0.1, -0.05) is 30.3 Å². The van der Waals surface area contributed by atoms with Crippen molar-refractivity contribution in [3.8, 4) is 11.1 Å². The van der Waals surface area contributed by atoms with Crippen molar-refractivity contribution in [2.24, 2.45) is 0 Å². The van der Waals surface area contributed by atoms with E-state index in [9.17, 15) is 0 Å². The third kappa shape index (κ3) is 3.70. The van der Waals surface area contributed by atoms with Crippen LogP contribution in [0.3, 0.4) is 0 Å². The molecular weight excluding hydrogens is 300 g/mol. The summed E-state index contributed by atoms with van der Waals surface area (Å²) in [5, 5.41) is 4.58. The summed E-state index contributed by atoms with van der Waals surface area (Å²) >= 11 is 3.49. The quantitative estimate of drug-likeness (QED) is 0.887. The van der Waals surface area contributed by atoms with Crippen LogP contribution in [0, 0.1) is 0 Å². The molecule has 1 saturated heterocycles. The normalized spacial score (nSPS) is 16.0. The molecule has 1 fully saturated rings. The molecule has 2 heterocycles. The zero-order valence-corrected chi connectivity index (χ0v) is 13.6. The van der Waals surface area contributed by atoms with Crippen LogP contribution in [0.2, 0.25) is 0 Å². The highest BCUT2D eigenvalue weighted by molar-refractivity contribution is 7.99. The molecule has 21 heavy (non-hydrogen) atoms. The number of nitrogens with zero attached hydrogens (tertiary/aromatic N) is 2. The average Bonchev–Trinajstić information content (AvgIpc) is 2.90. The Morgan fingerprint density at radius 3 is 2.71 bits per heavy atom. The van der Waals surface area contributed by atoms with Crippen molar-refractivity contribution in [2.75, 3.05) is 48.7 Å². The first kappa shape index (κ1) is 14.7. The number of nitrogen functional groups attached to an aromatic ring is 1. The van der Waals surface area contributed by atoms with Crippen LogP contribution in [-0.2, 0) is 0 Å². The van der Waals surface area contributed by atoms with E-state index in [-0.39, 0.29) is 0 Å². The van der Waals surface area contributed by atoms with Gasteiger partial charge in [-0.3, -0.25) is 4.90 Å². The van der Waals surface area contributed by atoms with Crippen LogP contribution in [0.15, 0.2) is 30.3 Å². The molecule has 4 nitrogen and oxygen atoms in total. The van der Waals surface area contributed by atoms with Gasteiger partial charge in [-0.05, 0) is 17.1 Å². The van der Waals surface area contributed by atoms with Crippen molar-refractivity contribution in [2.45, 2.75) is 0 Å². The highest BCUT2D eigenvalue weighted by atomic mass is 32.2. The lowest BCUT2D eigenvalue weighted by atomic mass is 10.1. The van der Waals surface area contributed by atoms with Gasteiger partial charge in [0.15, 0.2) is 0 Å². The Morgan fingerprint density at radius 1 is 1.19 bits per heavy atom. The average molecular weight is 320 g/mol. The van der Waals surface area contributed by atoms with Gasteiger partial charge in [-0.25, -0.2) is 0 Å². The van der Waals surface area contributed by atoms with Gasteiger partial charge in [0.05, 0.1) is 5.56 Å². The van der Waals surface area contributed by atoms with Crippen LogP contribution in [0.1, 0.15) is 0 Å². The van der Waals surface area contributed by atoms with Crippen molar-refractivity contribution in [1.82, 2.24) is 9.27 Å². The molecule has 0 spiro atoms. The molecule has 2 aromatic rings. The SMILES string of the molecule is Nc1nsc(NCCN2CCSCC2)c1-c1ccccc1. The van der Waals surface area contributed by atoms with Gasteiger partial charge in [0.1, 0.15) is 10.8 Å². The van der Waals surface area contributed by atoms with Crippen LogP contribution >= 0.6 is 23.3 Å². The Labute approximate surface area is 133 Å². The highest BCUT2D eigenvalue weighted by Crippen LogP contribution is 2.36. The summed E-state index contributed by atoms with van der Waals surface area (Å²) in [6.07, 6.45) is 0. The number of rotatable bonds is 5. The lowest BCUT2D eigenvalue weighted by molar-refractivity contribution is 0.314. The molecule has 3 N–H and O–H groups in total. The number of anilines is 2. The van der Waals surface area contributed by atoms with Gasteiger partial charge in [0, 0.05) is 37.7 Å². The molecule has 0 bridgehead atoms. The second kappa shape index (κ2) is 7.15. The van der Waals surface area contributed by atoms with Crippen molar-refractivity contribution in [1.29, 1.82) is 0 Å². The molecule has 112 valence electrons. The molecule has 0 saturated carbocycles. The van der Waals surface area contributed by atoms with Crippen molar-refractivity contribution < 1.29 is 0 Å². The molecular formula is C15H20N4S2. The molecule has 0 amide bonds. The molecule has 0 atom stereocenters. The molecule has 1 aromatic heterocycles. The molecule has 0 unspecified atom stereocenters. The van der Waals surface area contributed by atoms with E-state index < -0.39 is 0 Å². The number of thioether (sulfide) groups is 1. The van der Waals surface area contributed by atoms with E-state index in [2.05, 4.69) is 26.7 Å². The zero-order valence-electron chi connectivity index (χ0n) is 11.9. The van der Waals surface area contributed by atoms with Gasteiger partial charge >= 0.3 is 0 Å². The Morgan fingerprint density at radius 2 is 1.95 bits per heavy atom. The van der Waals surface area contributed by atoms with Gasteiger partial charge in [-0.2, -0.15) is 16.1 Å². The maximum atomic E-state index is 6.03. The Hall–Kier alpha value is -1.24. The Bertz CT molecular complexity index is 564. The lowest BCUT2D eigenvalue weighted by Gasteiger charge is -2.26. The maximum Gasteiger partial charge on any atom is 0.147 e. The first-order valence-electron chi connectivity index (χ1n) is 7.19. The standard InChI is InChI=1S/C15H20N4S2/c16-14-13(12-4-2-1-3-5-12)15(21-18-14)17-6-7-19-8-10-20-11-9-19/h1-5,17H,6-11H2,(H2,16,18). The smallest absolute Gasteiger partial charge is 0.147 e. The Balaban J connectivity index is 1.63. The van der Waals surface area contributed by atoms with E-state index in [1.165, 1.54) is 36.1 Å². The van der Waals surface area contributed by atoms with E-state index in [1.807, 2.05) is 30.0 Å². The van der Waals surface area contributed by atoms with Crippen molar-refractivity contribution >= 4 is 34.1 Å². The fourth-order valence-electron chi connectivity index (χ4n) is 2.46. The van der Waals surface area contributed by atoms with E-state index in [1.54, 1.807) is 0 Å². The van der Waals surface area contributed by atoms with E-state index in [4.69, 9.17) is 5.73 Å². The predicted octanol–water partition coefficient (Wildman–Crippen LogP) is 2.85. The van der Waals surface area contributed by atoms with Crippen LogP contribution in [0.25, 0.3) is 11.1 Å². The van der Waals surface area contributed by atoms with E-state index >= 15 is 0 Å². The Kier molecular flexibility index (Phi) is 5.00. The molecule has 6 heteroatoms. The van der Waals surface area contributed by atoms with E-state index in [0.717, 1.165) is 29.2 Å². The largest absolute Gasteiger partial charge is 0.382 e. The van der Waals surface area contributed by atoms with Crippen molar-refractivity contribution in [3.05, 3.63) is 30.3 Å². The number of aromatic nitrogens is 1. The van der Waals surface area contributed by atoms with Crippen LogP contribution in [-0.4, -0.2) is 47.0 Å². The summed E-state index contributed by atoms with van der Waals surface area (Å²) in [6, 6.07) is 10.2. The maximum absolute atomic E-state index is 6.03. The topological polar surface area (TPSA) is 54.2 Å². The minimum absolute atomic E-state index is 0.614. The second-order valence-corrected chi connectivity index (χ2v) is 7.02. The number of benzene rings is 1. The number of nitrogens with one attached hydrogen (secondary N) is 1. The molecule has 3 rings (SSSR count). The first-order valence-corrected chi connectivity index (χ1v) is 9.12. The van der Waals surface area contributed by atoms with Crippen LogP contribution < -0.4 is 11.1 Å². The monoisotopic (exact) mass is 320 g/mol. The van der Waals surface area contributed by atoms with Gasteiger partial charge < -0.3 is 11.1 Å². The lowest BCUT2D eigenvalue weighted by Crippen LogP contribution is -2.36. The molecule has 1 aliphatic rings. The third-order valence-electron chi connectivity index (χ3n) is 3.60. The van der Waals surface area contributed by atoms with Gasteiger partial charge in [-0.15, -0.1) is 0 Å². The minimum Gasteiger partial charge on any atom is -0.382 e. The summed E-state index contributed by atoms with van der Waals surface area (Å²) in [7, 11) is 0. The fraction of sp³-hybridized carbons (Fsp3) is 0.400. The second-order valence-electron chi connectivity index (χ2n) is 5.02. The zero-order chi connectivity index (χ0) is 14.5. The van der Waals surface area contributed by atoms with Crippen LogP contribution in [0.5, 0.6) is 0 Å². The minimum atomic E-state index is 0.614. The van der Waals surface area contributed by atoms with Gasteiger partial charge in [0.2, 0.25) is 0 Å². The predicted molar refractivity (Wildman–Crippen MR) is 94.2 cm³/mol. The number of hydrogen-bond acceptors (Lipinski definition) is 6. The molecule has 0 radical (unpaired) electrons. The fourth-order valence-corrected chi connectivity index (χ4v) is 4.20. The third-order valence-corrected chi connectivity index (χ3v) is 5.36. The summed E-state index contributed by atoms with van der Waals surface area (Å²) in [6.45, 7) is 4.41. The highest BCUT2D eigenvalue weighted by Gasteiger charge is 2.14. The van der Waals surface area contributed by atoms with Crippen molar-refractivity contribution in [3.63, 3.8) is 0 Å². The summed E-state index contributed by atoms with van der Waals surface area (Å²) in [5.41, 5.74) is 8.20. The summed E-state index contributed by atoms with van der Waals surface area (Å²) < 4.78 is 4.30. The van der Waals surface area contributed by atoms with E-state index in [0.29, 0.717) is 5.82 Å². The van der Waals surface area contributed by atoms with Gasteiger partial charge in [0.25, 0.3) is 0 Å². The molecule has 1 aromatic carbocycles. The number of nitrogens with two attached hydrogens (primary N) is 1. The first-order chi connectivity index (χ1) is 10.3.